The standard InChI is InChI=1S/C14H26N2O2/c1-10-5-7-14(2,8-6-10)16-13(17)12-4-3-11(9-15)18-12/h10-12H,3-9,15H2,1-2H3,(H,16,17)/t10?,11-,12+,14?/m1/s1. The van der Waals surface area contributed by atoms with E-state index in [9.17, 15) is 4.79 Å². The Balaban J connectivity index is 1.84. The predicted octanol–water partition coefficient (Wildman–Crippen LogP) is 1.58. The molecule has 0 aromatic rings. The monoisotopic (exact) mass is 254 g/mol. The quantitative estimate of drug-likeness (QED) is 0.803. The molecule has 2 rings (SSSR count). The molecule has 3 N–H and O–H groups in total. The van der Waals surface area contributed by atoms with Crippen LogP contribution in [0.2, 0.25) is 0 Å². The first-order chi connectivity index (χ1) is 8.52. The molecule has 2 atom stereocenters. The topological polar surface area (TPSA) is 64.4 Å². The van der Waals surface area contributed by atoms with Gasteiger partial charge in [-0.25, -0.2) is 0 Å². The molecule has 1 amide bonds. The average molecular weight is 254 g/mol. The van der Waals surface area contributed by atoms with Gasteiger partial charge in [0.05, 0.1) is 6.10 Å². The number of nitrogens with one attached hydrogen (secondary N) is 1. The molecule has 1 saturated carbocycles. The molecule has 1 saturated heterocycles. The van der Waals surface area contributed by atoms with Crippen molar-refractivity contribution in [1.29, 1.82) is 0 Å². The van der Waals surface area contributed by atoms with Crippen molar-refractivity contribution in [1.82, 2.24) is 5.32 Å². The number of carbonyl (C=O) groups excluding carboxylic acids is 1. The summed E-state index contributed by atoms with van der Waals surface area (Å²) in [4.78, 5) is 12.2. The van der Waals surface area contributed by atoms with Crippen LogP contribution in [-0.2, 0) is 9.53 Å². The average Bonchev–Trinajstić information content (AvgIpc) is 2.82. The minimum atomic E-state index is -0.283. The fourth-order valence-corrected chi connectivity index (χ4v) is 2.97. The van der Waals surface area contributed by atoms with E-state index in [2.05, 4.69) is 19.2 Å². The molecule has 1 aliphatic heterocycles. The van der Waals surface area contributed by atoms with E-state index in [1.165, 1.54) is 12.8 Å². The highest BCUT2D eigenvalue weighted by molar-refractivity contribution is 5.81. The molecule has 4 heteroatoms. The maximum absolute atomic E-state index is 12.2. The summed E-state index contributed by atoms with van der Waals surface area (Å²) in [5.41, 5.74) is 5.53. The second-order valence-corrected chi connectivity index (χ2v) is 6.29. The fourth-order valence-electron chi connectivity index (χ4n) is 2.97. The Hall–Kier alpha value is -0.610. The van der Waals surface area contributed by atoms with Crippen LogP contribution in [0.15, 0.2) is 0 Å². The number of amides is 1. The molecule has 1 aliphatic carbocycles. The van der Waals surface area contributed by atoms with E-state index in [0.29, 0.717) is 6.54 Å². The SMILES string of the molecule is CC1CCC(C)(NC(=O)[C@@H]2CC[C@H](CN)O2)CC1. The van der Waals surface area contributed by atoms with E-state index in [1.54, 1.807) is 0 Å². The van der Waals surface area contributed by atoms with Crippen molar-refractivity contribution in [3.63, 3.8) is 0 Å². The van der Waals surface area contributed by atoms with Crippen LogP contribution in [-0.4, -0.2) is 30.2 Å². The number of nitrogens with two attached hydrogens (primary N) is 1. The summed E-state index contributed by atoms with van der Waals surface area (Å²) in [5.74, 6) is 0.849. The van der Waals surface area contributed by atoms with E-state index >= 15 is 0 Å². The second-order valence-electron chi connectivity index (χ2n) is 6.29. The molecular weight excluding hydrogens is 228 g/mol. The first kappa shape index (κ1) is 13.8. The first-order valence-electron chi connectivity index (χ1n) is 7.20. The smallest absolute Gasteiger partial charge is 0.249 e. The molecule has 0 bridgehead atoms. The van der Waals surface area contributed by atoms with Gasteiger partial charge < -0.3 is 15.8 Å². The summed E-state index contributed by atoms with van der Waals surface area (Å²) in [7, 11) is 0. The van der Waals surface area contributed by atoms with E-state index in [4.69, 9.17) is 10.5 Å². The molecule has 0 aromatic carbocycles. The Bertz CT molecular complexity index is 298. The zero-order chi connectivity index (χ0) is 13.2. The van der Waals surface area contributed by atoms with Gasteiger partial charge in [0.15, 0.2) is 0 Å². The summed E-state index contributed by atoms with van der Waals surface area (Å²) in [6.07, 6.45) is 6.05. The molecule has 104 valence electrons. The molecule has 2 fully saturated rings. The van der Waals surface area contributed by atoms with Crippen molar-refractivity contribution >= 4 is 5.91 Å². The molecule has 1 heterocycles. The fraction of sp³-hybridized carbons (Fsp3) is 0.929. The Morgan fingerprint density at radius 3 is 2.56 bits per heavy atom. The van der Waals surface area contributed by atoms with E-state index in [-0.39, 0.29) is 23.7 Å². The van der Waals surface area contributed by atoms with Gasteiger partial charge in [-0.05, 0) is 51.4 Å². The van der Waals surface area contributed by atoms with E-state index in [0.717, 1.165) is 31.6 Å². The summed E-state index contributed by atoms with van der Waals surface area (Å²) in [6, 6.07) is 0. The first-order valence-corrected chi connectivity index (χ1v) is 7.20. The normalized spacial score (nSPS) is 40.7. The lowest BCUT2D eigenvalue weighted by molar-refractivity contribution is -0.134. The van der Waals surface area contributed by atoms with Gasteiger partial charge in [0.25, 0.3) is 0 Å². The van der Waals surface area contributed by atoms with Crippen molar-refractivity contribution in [2.75, 3.05) is 6.54 Å². The third-order valence-corrected chi connectivity index (χ3v) is 4.47. The van der Waals surface area contributed by atoms with Gasteiger partial charge in [-0.3, -0.25) is 4.79 Å². The minimum Gasteiger partial charge on any atom is -0.364 e. The molecule has 0 spiro atoms. The summed E-state index contributed by atoms with van der Waals surface area (Å²) < 4.78 is 5.64. The van der Waals surface area contributed by atoms with Gasteiger partial charge in [-0.1, -0.05) is 6.92 Å². The third-order valence-electron chi connectivity index (χ3n) is 4.47. The Morgan fingerprint density at radius 1 is 1.33 bits per heavy atom. The highest BCUT2D eigenvalue weighted by Crippen LogP contribution is 2.32. The number of hydrogen-bond acceptors (Lipinski definition) is 3. The van der Waals surface area contributed by atoms with Crippen molar-refractivity contribution in [2.24, 2.45) is 11.7 Å². The van der Waals surface area contributed by atoms with Crippen LogP contribution < -0.4 is 11.1 Å². The number of rotatable bonds is 3. The highest BCUT2D eigenvalue weighted by Gasteiger charge is 2.36. The Labute approximate surface area is 110 Å². The van der Waals surface area contributed by atoms with Crippen LogP contribution in [0.1, 0.15) is 52.4 Å². The zero-order valence-corrected chi connectivity index (χ0v) is 11.6. The van der Waals surface area contributed by atoms with E-state index < -0.39 is 0 Å². The third kappa shape index (κ3) is 3.23. The van der Waals surface area contributed by atoms with Crippen molar-refractivity contribution in [3.8, 4) is 0 Å². The van der Waals surface area contributed by atoms with Crippen LogP contribution in [0.3, 0.4) is 0 Å². The van der Waals surface area contributed by atoms with Crippen LogP contribution >= 0.6 is 0 Å². The van der Waals surface area contributed by atoms with Gasteiger partial charge in [0.2, 0.25) is 5.91 Å². The molecule has 0 unspecified atom stereocenters. The van der Waals surface area contributed by atoms with Crippen LogP contribution in [0.4, 0.5) is 0 Å². The summed E-state index contributed by atoms with van der Waals surface area (Å²) in [6.45, 7) is 4.96. The molecule has 4 nitrogen and oxygen atoms in total. The van der Waals surface area contributed by atoms with Crippen molar-refractivity contribution in [3.05, 3.63) is 0 Å². The minimum absolute atomic E-state index is 0.0340. The Morgan fingerprint density at radius 2 is 2.00 bits per heavy atom. The maximum Gasteiger partial charge on any atom is 0.249 e. The lowest BCUT2D eigenvalue weighted by Crippen LogP contribution is -2.51. The van der Waals surface area contributed by atoms with Crippen LogP contribution in [0, 0.1) is 5.92 Å². The number of ether oxygens (including phenoxy) is 1. The lowest BCUT2D eigenvalue weighted by Gasteiger charge is -2.37. The van der Waals surface area contributed by atoms with Gasteiger partial charge in [-0.15, -0.1) is 0 Å². The van der Waals surface area contributed by atoms with Gasteiger partial charge in [0.1, 0.15) is 6.10 Å². The number of hydrogen-bond donors (Lipinski definition) is 2. The van der Waals surface area contributed by atoms with Gasteiger partial charge in [0, 0.05) is 12.1 Å². The largest absolute Gasteiger partial charge is 0.364 e. The van der Waals surface area contributed by atoms with Crippen LogP contribution in [0.5, 0.6) is 0 Å². The predicted molar refractivity (Wildman–Crippen MR) is 71.1 cm³/mol. The zero-order valence-electron chi connectivity index (χ0n) is 11.6. The van der Waals surface area contributed by atoms with Gasteiger partial charge in [-0.2, -0.15) is 0 Å². The maximum atomic E-state index is 12.2. The molecule has 18 heavy (non-hydrogen) atoms. The summed E-state index contributed by atoms with van der Waals surface area (Å²) >= 11 is 0. The molecule has 0 radical (unpaired) electrons. The van der Waals surface area contributed by atoms with Gasteiger partial charge >= 0.3 is 0 Å². The molecule has 2 aliphatic rings. The number of carbonyl (C=O) groups is 1. The molecular formula is C14H26N2O2. The van der Waals surface area contributed by atoms with E-state index in [1.807, 2.05) is 0 Å². The second kappa shape index (κ2) is 5.57. The van der Waals surface area contributed by atoms with Crippen molar-refractivity contribution < 1.29 is 9.53 Å². The van der Waals surface area contributed by atoms with Crippen molar-refractivity contribution in [2.45, 2.75) is 70.1 Å². The Kier molecular flexibility index (Phi) is 4.28. The lowest BCUT2D eigenvalue weighted by atomic mass is 9.78. The summed E-state index contributed by atoms with van der Waals surface area (Å²) in [5, 5.41) is 3.20. The highest BCUT2D eigenvalue weighted by atomic mass is 16.5. The molecule has 0 aromatic heterocycles. The van der Waals surface area contributed by atoms with Crippen LogP contribution in [0.25, 0.3) is 0 Å².